The average molecular weight is 315 g/mol. The molecule has 3 N–H and O–H groups in total. The molecule has 0 bridgehead atoms. The summed E-state index contributed by atoms with van der Waals surface area (Å²) in [6.07, 6.45) is 0. The molecule has 3 nitrogen and oxygen atoms in total. The van der Waals surface area contributed by atoms with Crippen LogP contribution in [0.25, 0.3) is 0 Å². The zero-order valence-electron chi connectivity index (χ0n) is 10.4. The van der Waals surface area contributed by atoms with Crippen LogP contribution in [-0.2, 0) is 6.61 Å². The second-order valence-corrected chi connectivity index (χ2v) is 4.35. The number of hydrogen-bond donors (Lipinski definition) is 2. The van der Waals surface area contributed by atoms with Gasteiger partial charge in [-0.25, -0.2) is 4.39 Å². The Kier molecular flexibility index (Phi) is 5.80. The van der Waals surface area contributed by atoms with E-state index < -0.39 is 5.82 Å². The van der Waals surface area contributed by atoms with Crippen molar-refractivity contribution in [2.45, 2.75) is 6.61 Å². The van der Waals surface area contributed by atoms with Crippen LogP contribution in [0.4, 0.5) is 4.39 Å². The lowest BCUT2D eigenvalue weighted by molar-refractivity contribution is 0.290. The highest BCUT2D eigenvalue weighted by Gasteiger charge is 2.07. The van der Waals surface area contributed by atoms with Crippen molar-refractivity contribution in [1.82, 2.24) is 0 Å². The van der Waals surface area contributed by atoms with Gasteiger partial charge in [0.15, 0.2) is 11.6 Å². The number of ether oxygens (including phenoxy) is 1. The van der Waals surface area contributed by atoms with E-state index in [1.54, 1.807) is 6.07 Å². The van der Waals surface area contributed by atoms with Gasteiger partial charge in [0.25, 0.3) is 0 Å². The third-order valence-electron chi connectivity index (χ3n) is 2.58. The summed E-state index contributed by atoms with van der Waals surface area (Å²) in [6.45, 7) is 0.177. The van der Waals surface area contributed by atoms with Crippen LogP contribution in [0.1, 0.15) is 11.1 Å². The monoisotopic (exact) mass is 314 g/mol. The van der Waals surface area contributed by atoms with Crippen LogP contribution in [0.2, 0.25) is 5.02 Å². The van der Waals surface area contributed by atoms with Gasteiger partial charge in [0.1, 0.15) is 12.4 Å². The summed E-state index contributed by atoms with van der Waals surface area (Å²) in [6, 6.07) is 11.4. The molecule has 2 rings (SSSR count). The molecule has 0 unspecified atom stereocenters. The van der Waals surface area contributed by atoms with E-state index >= 15 is 0 Å². The van der Waals surface area contributed by atoms with Gasteiger partial charge in [-0.2, -0.15) is 0 Å². The van der Waals surface area contributed by atoms with E-state index in [0.717, 1.165) is 5.56 Å². The van der Waals surface area contributed by atoms with E-state index in [-0.39, 0.29) is 30.6 Å². The van der Waals surface area contributed by atoms with Gasteiger partial charge < -0.3 is 10.5 Å². The smallest absolute Gasteiger partial charge is 0.165 e. The summed E-state index contributed by atoms with van der Waals surface area (Å²) < 4.78 is 19.1. The van der Waals surface area contributed by atoms with E-state index in [1.165, 1.54) is 18.2 Å². The van der Waals surface area contributed by atoms with Crippen molar-refractivity contribution < 1.29 is 9.13 Å². The first kappa shape index (κ1) is 16.3. The third kappa shape index (κ3) is 3.85. The zero-order chi connectivity index (χ0) is 13.8. The number of rotatable bonds is 4. The maximum absolute atomic E-state index is 13.7. The minimum absolute atomic E-state index is 0. The summed E-state index contributed by atoms with van der Waals surface area (Å²) in [7, 11) is 0. The molecule has 0 amide bonds. The molecule has 2 aromatic rings. The van der Waals surface area contributed by atoms with E-state index in [1.807, 2.05) is 18.2 Å². The normalized spacial score (nSPS) is 9.70. The van der Waals surface area contributed by atoms with E-state index in [9.17, 15) is 4.39 Å². The number of hydrogen-bond acceptors (Lipinski definition) is 2. The molecular weight excluding hydrogens is 302 g/mol. The summed E-state index contributed by atoms with van der Waals surface area (Å²) in [5.41, 5.74) is 6.37. The zero-order valence-corrected chi connectivity index (χ0v) is 12.0. The Hall–Kier alpha value is -1.78. The van der Waals surface area contributed by atoms with Crippen LogP contribution in [0, 0.1) is 11.2 Å². The molecule has 106 valence electrons. The highest BCUT2D eigenvalue weighted by atomic mass is 35.5. The van der Waals surface area contributed by atoms with Gasteiger partial charge in [-0.3, -0.25) is 5.41 Å². The Morgan fingerprint density at radius 3 is 2.55 bits per heavy atom. The fraction of sp³-hybridized carbons (Fsp3) is 0.0714. The topological polar surface area (TPSA) is 59.1 Å². The van der Waals surface area contributed by atoms with Gasteiger partial charge >= 0.3 is 0 Å². The van der Waals surface area contributed by atoms with Crippen LogP contribution in [0.15, 0.2) is 42.5 Å². The minimum Gasteiger partial charge on any atom is -0.486 e. The van der Waals surface area contributed by atoms with E-state index in [0.29, 0.717) is 10.6 Å². The van der Waals surface area contributed by atoms with Gasteiger partial charge in [-0.15, -0.1) is 12.4 Å². The number of nitrogens with one attached hydrogen (secondary N) is 1. The minimum atomic E-state index is -0.556. The molecule has 0 fully saturated rings. The molecule has 0 aliphatic rings. The van der Waals surface area contributed by atoms with Crippen LogP contribution >= 0.6 is 24.0 Å². The number of nitrogens with two attached hydrogens (primary N) is 1. The quantitative estimate of drug-likeness (QED) is 0.666. The fourth-order valence-electron chi connectivity index (χ4n) is 1.56. The molecule has 6 heteroatoms. The molecule has 0 aliphatic heterocycles. The van der Waals surface area contributed by atoms with Crippen molar-refractivity contribution >= 4 is 29.8 Å². The number of halogens is 3. The number of benzene rings is 2. The highest BCUT2D eigenvalue weighted by molar-refractivity contribution is 6.31. The predicted octanol–water partition coefficient (Wildman–Crippen LogP) is 3.76. The summed E-state index contributed by atoms with van der Waals surface area (Å²) in [5.74, 6) is -0.638. The van der Waals surface area contributed by atoms with Gasteiger partial charge in [0.05, 0.1) is 0 Å². The van der Waals surface area contributed by atoms with Crippen molar-refractivity contribution in [3.05, 3.63) is 64.4 Å². The third-order valence-corrected chi connectivity index (χ3v) is 2.95. The molecule has 2 aromatic carbocycles. The average Bonchev–Trinajstić information content (AvgIpc) is 2.39. The molecule has 0 saturated carbocycles. The maximum atomic E-state index is 13.7. The standard InChI is InChI=1S/C14H12ClFN2O.ClH/c15-11-4-2-1-3-10(11)8-19-13-6-5-9(14(17)18)7-12(13)16;/h1-7H,8H2,(H3,17,18);1H. The molecule has 0 saturated heterocycles. The van der Waals surface area contributed by atoms with E-state index in [2.05, 4.69) is 0 Å². The van der Waals surface area contributed by atoms with Crippen molar-refractivity contribution in [3.63, 3.8) is 0 Å². The molecular formula is C14H13Cl2FN2O. The summed E-state index contributed by atoms with van der Waals surface area (Å²) in [5, 5.41) is 7.79. The predicted molar refractivity (Wildman–Crippen MR) is 80.4 cm³/mol. The first-order valence-electron chi connectivity index (χ1n) is 5.58. The molecule has 20 heavy (non-hydrogen) atoms. The Labute approximate surface area is 127 Å². The van der Waals surface area contributed by atoms with Gasteiger partial charge in [0, 0.05) is 16.1 Å². The second kappa shape index (κ2) is 7.12. The van der Waals surface area contributed by atoms with Crippen molar-refractivity contribution in [3.8, 4) is 5.75 Å². The molecule has 0 heterocycles. The van der Waals surface area contributed by atoms with Crippen molar-refractivity contribution in [2.24, 2.45) is 5.73 Å². The van der Waals surface area contributed by atoms with Gasteiger partial charge in [-0.1, -0.05) is 29.8 Å². The Morgan fingerprint density at radius 1 is 1.25 bits per heavy atom. The first-order valence-corrected chi connectivity index (χ1v) is 5.96. The lowest BCUT2D eigenvalue weighted by Crippen LogP contribution is -2.11. The van der Waals surface area contributed by atoms with Crippen molar-refractivity contribution in [2.75, 3.05) is 0 Å². The molecule has 0 aromatic heterocycles. The maximum Gasteiger partial charge on any atom is 0.165 e. The van der Waals surface area contributed by atoms with Crippen LogP contribution in [0.3, 0.4) is 0 Å². The lowest BCUT2D eigenvalue weighted by Gasteiger charge is -2.09. The summed E-state index contributed by atoms with van der Waals surface area (Å²) in [4.78, 5) is 0. The fourth-order valence-corrected chi connectivity index (χ4v) is 1.75. The molecule has 0 spiro atoms. The summed E-state index contributed by atoms with van der Waals surface area (Å²) >= 11 is 5.98. The Morgan fingerprint density at radius 2 is 1.95 bits per heavy atom. The second-order valence-electron chi connectivity index (χ2n) is 3.94. The molecule has 0 aliphatic carbocycles. The van der Waals surface area contributed by atoms with Crippen LogP contribution in [-0.4, -0.2) is 5.84 Å². The lowest BCUT2D eigenvalue weighted by atomic mass is 10.2. The highest BCUT2D eigenvalue weighted by Crippen LogP contribution is 2.21. The van der Waals surface area contributed by atoms with Crippen LogP contribution < -0.4 is 10.5 Å². The Bertz CT molecular complexity index is 620. The molecule has 0 radical (unpaired) electrons. The number of amidine groups is 1. The van der Waals surface area contributed by atoms with Crippen molar-refractivity contribution in [1.29, 1.82) is 5.41 Å². The Balaban J connectivity index is 0.00000200. The van der Waals surface area contributed by atoms with E-state index in [4.69, 9.17) is 27.5 Å². The molecule has 0 atom stereocenters. The van der Waals surface area contributed by atoms with Gasteiger partial charge in [-0.05, 0) is 24.3 Å². The SMILES string of the molecule is Cl.N=C(N)c1ccc(OCc2ccccc2Cl)c(F)c1. The number of nitrogen functional groups attached to an aromatic ring is 1. The first-order chi connectivity index (χ1) is 9.08. The van der Waals surface area contributed by atoms with Gasteiger partial charge in [0.2, 0.25) is 0 Å². The largest absolute Gasteiger partial charge is 0.486 e. The van der Waals surface area contributed by atoms with Crippen LogP contribution in [0.5, 0.6) is 5.75 Å².